The predicted octanol–water partition coefficient (Wildman–Crippen LogP) is 1.73. The minimum Gasteiger partial charge on any atom is -0.481 e. The average molecular weight is 182 g/mol. The van der Waals surface area contributed by atoms with Crippen LogP contribution in [0.15, 0.2) is 0 Å². The van der Waals surface area contributed by atoms with Crippen molar-refractivity contribution in [2.45, 2.75) is 26.4 Å². The minimum absolute atomic E-state index is 0.0880. The molecule has 0 aliphatic rings. The number of hydrogen-bond donors (Lipinski definition) is 1. The largest absolute Gasteiger partial charge is 0.481 e. The monoisotopic (exact) mass is 182 g/mol. The van der Waals surface area contributed by atoms with E-state index < -0.39 is 18.5 Å². The molecule has 1 atom stereocenters. The van der Waals surface area contributed by atoms with Gasteiger partial charge in [-0.05, 0) is 12.8 Å². The van der Waals surface area contributed by atoms with E-state index in [1.165, 1.54) is 6.92 Å². The number of aliphatic carboxylic acids is 1. The van der Waals surface area contributed by atoms with Gasteiger partial charge in [0.2, 0.25) is 0 Å². The Bertz CT molecular complexity index is 139. The molecule has 0 fully saturated rings. The number of carbonyl (C=O) groups is 1. The summed E-state index contributed by atoms with van der Waals surface area (Å²) >= 11 is 0. The third kappa shape index (κ3) is 6.03. The molecular weight excluding hydrogens is 170 g/mol. The SMILES string of the molecule is CC(CCCOC(F)F)C(=O)O. The summed E-state index contributed by atoms with van der Waals surface area (Å²) in [6.45, 7) is -1.31. The van der Waals surface area contributed by atoms with Crippen molar-refractivity contribution in [2.24, 2.45) is 5.92 Å². The topological polar surface area (TPSA) is 46.5 Å². The van der Waals surface area contributed by atoms with Gasteiger partial charge in [0.1, 0.15) is 0 Å². The van der Waals surface area contributed by atoms with Crippen LogP contribution in [0, 0.1) is 5.92 Å². The molecule has 72 valence electrons. The Morgan fingerprint density at radius 3 is 2.58 bits per heavy atom. The van der Waals surface area contributed by atoms with Gasteiger partial charge >= 0.3 is 12.6 Å². The summed E-state index contributed by atoms with van der Waals surface area (Å²) in [6.07, 6.45) is 0.708. The molecule has 5 heteroatoms. The lowest BCUT2D eigenvalue weighted by Crippen LogP contribution is -2.11. The van der Waals surface area contributed by atoms with Crippen molar-refractivity contribution in [1.29, 1.82) is 0 Å². The van der Waals surface area contributed by atoms with E-state index in [0.717, 1.165) is 0 Å². The summed E-state index contributed by atoms with van der Waals surface area (Å²) < 4.78 is 26.7. The van der Waals surface area contributed by atoms with Gasteiger partial charge in [0, 0.05) is 0 Å². The summed E-state index contributed by atoms with van der Waals surface area (Å²) in [6, 6.07) is 0. The summed E-state index contributed by atoms with van der Waals surface area (Å²) in [4.78, 5) is 10.2. The van der Waals surface area contributed by atoms with Crippen LogP contribution >= 0.6 is 0 Å². The van der Waals surface area contributed by atoms with Gasteiger partial charge in [-0.15, -0.1) is 0 Å². The molecule has 0 aromatic rings. The average Bonchev–Trinajstić information content (AvgIpc) is 1.97. The number of alkyl halides is 2. The molecule has 0 spiro atoms. The highest BCUT2D eigenvalue weighted by Crippen LogP contribution is 2.06. The molecule has 1 unspecified atom stereocenters. The first-order valence-electron chi connectivity index (χ1n) is 3.66. The lowest BCUT2D eigenvalue weighted by molar-refractivity contribution is -0.142. The molecule has 0 aromatic carbocycles. The van der Waals surface area contributed by atoms with E-state index >= 15 is 0 Å². The van der Waals surface area contributed by atoms with Crippen LogP contribution in [0.1, 0.15) is 19.8 Å². The maximum Gasteiger partial charge on any atom is 0.345 e. The smallest absolute Gasteiger partial charge is 0.345 e. The molecule has 0 aliphatic heterocycles. The Balaban J connectivity index is 3.25. The Hall–Kier alpha value is -0.710. The van der Waals surface area contributed by atoms with Crippen molar-refractivity contribution in [3.8, 4) is 0 Å². The van der Waals surface area contributed by atoms with Crippen molar-refractivity contribution in [3.05, 3.63) is 0 Å². The Labute approximate surface area is 69.3 Å². The van der Waals surface area contributed by atoms with E-state index in [0.29, 0.717) is 12.8 Å². The van der Waals surface area contributed by atoms with E-state index in [4.69, 9.17) is 5.11 Å². The first-order valence-corrected chi connectivity index (χ1v) is 3.66. The molecule has 1 N–H and O–H groups in total. The fraction of sp³-hybridized carbons (Fsp3) is 0.857. The standard InChI is InChI=1S/C7H12F2O3/c1-5(6(10)11)3-2-4-12-7(8)9/h5,7H,2-4H2,1H3,(H,10,11). The lowest BCUT2D eigenvalue weighted by atomic mass is 10.1. The van der Waals surface area contributed by atoms with E-state index in [9.17, 15) is 13.6 Å². The maximum atomic E-state index is 11.4. The Morgan fingerprint density at radius 2 is 2.17 bits per heavy atom. The highest BCUT2D eigenvalue weighted by atomic mass is 19.3. The quantitative estimate of drug-likeness (QED) is 0.636. The first kappa shape index (κ1) is 11.3. The van der Waals surface area contributed by atoms with E-state index in [1.54, 1.807) is 0 Å². The van der Waals surface area contributed by atoms with Gasteiger partial charge in [0.05, 0.1) is 12.5 Å². The molecule has 12 heavy (non-hydrogen) atoms. The Kier molecular flexibility index (Phi) is 5.53. The van der Waals surface area contributed by atoms with Gasteiger partial charge in [0.15, 0.2) is 0 Å². The van der Waals surface area contributed by atoms with E-state index in [1.807, 2.05) is 0 Å². The second-order valence-electron chi connectivity index (χ2n) is 2.51. The molecular formula is C7H12F2O3. The first-order chi connectivity index (χ1) is 5.54. The van der Waals surface area contributed by atoms with Crippen LogP contribution in [0.4, 0.5) is 8.78 Å². The number of halogens is 2. The molecule has 0 saturated heterocycles. The number of carboxylic acids is 1. The van der Waals surface area contributed by atoms with Crippen LogP contribution in [0.25, 0.3) is 0 Å². The van der Waals surface area contributed by atoms with Crippen molar-refractivity contribution in [1.82, 2.24) is 0 Å². The molecule has 0 rings (SSSR count). The van der Waals surface area contributed by atoms with Crippen LogP contribution in [0.2, 0.25) is 0 Å². The van der Waals surface area contributed by atoms with Gasteiger partial charge < -0.3 is 9.84 Å². The molecule has 0 saturated carbocycles. The fourth-order valence-electron chi connectivity index (χ4n) is 0.685. The fourth-order valence-corrected chi connectivity index (χ4v) is 0.685. The van der Waals surface area contributed by atoms with Crippen LogP contribution in [-0.2, 0) is 9.53 Å². The highest BCUT2D eigenvalue weighted by Gasteiger charge is 2.10. The molecule has 3 nitrogen and oxygen atoms in total. The van der Waals surface area contributed by atoms with Crippen LogP contribution < -0.4 is 0 Å². The zero-order valence-electron chi connectivity index (χ0n) is 6.80. The van der Waals surface area contributed by atoms with Crippen molar-refractivity contribution < 1.29 is 23.4 Å². The number of hydrogen-bond acceptors (Lipinski definition) is 2. The second kappa shape index (κ2) is 5.88. The molecule has 0 radical (unpaired) electrons. The highest BCUT2D eigenvalue weighted by molar-refractivity contribution is 5.69. The molecule has 0 aliphatic carbocycles. The zero-order chi connectivity index (χ0) is 9.56. The molecule has 0 amide bonds. The number of carboxylic acid groups (broad SMARTS) is 1. The molecule has 0 bridgehead atoms. The number of rotatable bonds is 6. The van der Waals surface area contributed by atoms with Crippen molar-refractivity contribution in [3.63, 3.8) is 0 Å². The third-order valence-corrected chi connectivity index (χ3v) is 1.45. The van der Waals surface area contributed by atoms with Crippen LogP contribution in [-0.4, -0.2) is 24.3 Å². The third-order valence-electron chi connectivity index (χ3n) is 1.45. The van der Waals surface area contributed by atoms with Gasteiger partial charge in [-0.1, -0.05) is 6.92 Å². The van der Waals surface area contributed by atoms with Crippen molar-refractivity contribution in [2.75, 3.05) is 6.61 Å². The van der Waals surface area contributed by atoms with Gasteiger partial charge in [0.25, 0.3) is 0 Å². The van der Waals surface area contributed by atoms with Crippen LogP contribution in [0.5, 0.6) is 0 Å². The molecule has 0 aromatic heterocycles. The van der Waals surface area contributed by atoms with Gasteiger partial charge in [-0.2, -0.15) is 8.78 Å². The minimum atomic E-state index is -2.76. The summed E-state index contributed by atoms with van der Waals surface area (Å²) in [7, 11) is 0. The van der Waals surface area contributed by atoms with E-state index in [-0.39, 0.29) is 6.61 Å². The summed E-state index contributed by atoms with van der Waals surface area (Å²) in [5, 5.41) is 8.40. The summed E-state index contributed by atoms with van der Waals surface area (Å²) in [5.41, 5.74) is 0. The maximum absolute atomic E-state index is 11.4. The summed E-state index contributed by atoms with van der Waals surface area (Å²) in [5.74, 6) is -1.40. The van der Waals surface area contributed by atoms with E-state index in [2.05, 4.69) is 4.74 Å². The van der Waals surface area contributed by atoms with Crippen molar-refractivity contribution >= 4 is 5.97 Å². The van der Waals surface area contributed by atoms with Gasteiger partial charge in [-0.25, -0.2) is 0 Å². The van der Waals surface area contributed by atoms with Gasteiger partial charge in [-0.3, -0.25) is 4.79 Å². The second-order valence-corrected chi connectivity index (χ2v) is 2.51. The zero-order valence-corrected chi connectivity index (χ0v) is 6.80. The Morgan fingerprint density at radius 1 is 1.58 bits per heavy atom. The lowest BCUT2D eigenvalue weighted by Gasteiger charge is -2.05. The van der Waals surface area contributed by atoms with Crippen LogP contribution in [0.3, 0.4) is 0 Å². The molecule has 0 heterocycles. The number of ether oxygens (including phenoxy) is 1. The normalized spacial score (nSPS) is 13.3. The predicted molar refractivity (Wildman–Crippen MR) is 38.0 cm³/mol.